The fourth-order valence-electron chi connectivity index (χ4n) is 6.99. The highest BCUT2D eigenvalue weighted by Crippen LogP contribution is 2.45. The zero-order chi connectivity index (χ0) is 26.7. The quantitative estimate of drug-likeness (QED) is 0.316. The summed E-state index contributed by atoms with van der Waals surface area (Å²) in [6, 6.07) is 4.46. The zero-order valence-corrected chi connectivity index (χ0v) is 22.9. The van der Waals surface area contributed by atoms with Gasteiger partial charge in [0.1, 0.15) is 5.69 Å². The Bertz CT molecular complexity index is 1570. The average Bonchev–Trinajstić information content (AvgIpc) is 3.71. The lowest BCUT2D eigenvalue weighted by atomic mass is 9.83. The van der Waals surface area contributed by atoms with Crippen LogP contribution in [0, 0.1) is 11.8 Å². The van der Waals surface area contributed by atoms with Gasteiger partial charge in [0.15, 0.2) is 0 Å². The molecule has 3 unspecified atom stereocenters. The SMILES string of the molecule is C.COC1CC2CCC1N2c1nc2cc(-c3noc(=O)[nH]3)nc(-c3cncc(Cl)c3)c2n1CC1CCC(C)CC1. The largest absolute Gasteiger partial charge is 0.439 e. The predicted molar refractivity (Wildman–Crippen MR) is 154 cm³/mol. The number of nitrogens with zero attached hydrogens (tertiary/aromatic N) is 6. The van der Waals surface area contributed by atoms with Crippen molar-refractivity contribution in [2.24, 2.45) is 11.8 Å². The molecule has 10 nitrogen and oxygen atoms in total. The number of fused-ring (bicyclic) bond motifs is 3. The van der Waals surface area contributed by atoms with Gasteiger partial charge in [-0.2, -0.15) is 0 Å². The van der Waals surface area contributed by atoms with E-state index in [4.69, 9.17) is 30.8 Å². The Balaban J connectivity index is 0.00000289. The number of rotatable bonds is 6. The van der Waals surface area contributed by atoms with Crippen molar-refractivity contribution in [1.29, 1.82) is 0 Å². The number of anilines is 1. The molecule has 3 aliphatic rings. The summed E-state index contributed by atoms with van der Waals surface area (Å²) >= 11 is 6.39. The van der Waals surface area contributed by atoms with Crippen LogP contribution in [-0.4, -0.2) is 55.0 Å². The van der Waals surface area contributed by atoms with Gasteiger partial charge in [-0.05, 0) is 56.1 Å². The number of nitrogens with one attached hydrogen (secondary N) is 1. The molecule has 6 heterocycles. The highest BCUT2D eigenvalue weighted by Gasteiger charge is 2.48. The third-order valence-corrected chi connectivity index (χ3v) is 9.16. The highest BCUT2D eigenvalue weighted by molar-refractivity contribution is 6.30. The van der Waals surface area contributed by atoms with Crippen molar-refractivity contribution in [2.75, 3.05) is 12.0 Å². The van der Waals surface area contributed by atoms with Crippen molar-refractivity contribution < 1.29 is 9.26 Å². The maximum absolute atomic E-state index is 11.8. The molecular formula is C29H36ClN7O3. The molecule has 0 spiro atoms. The number of pyridine rings is 2. The fraction of sp³-hybridized carbons (Fsp3) is 0.552. The summed E-state index contributed by atoms with van der Waals surface area (Å²) in [4.78, 5) is 31.5. The van der Waals surface area contributed by atoms with Crippen molar-refractivity contribution in [2.45, 2.75) is 84.0 Å². The lowest BCUT2D eigenvalue weighted by molar-refractivity contribution is 0.0835. The molecule has 7 rings (SSSR count). The minimum absolute atomic E-state index is 0. The van der Waals surface area contributed by atoms with Gasteiger partial charge >= 0.3 is 5.76 Å². The Morgan fingerprint density at radius 2 is 1.95 bits per heavy atom. The van der Waals surface area contributed by atoms with Crippen LogP contribution in [0.2, 0.25) is 5.02 Å². The molecule has 1 aliphatic carbocycles. The summed E-state index contributed by atoms with van der Waals surface area (Å²) in [6.07, 6.45) is 11.7. The van der Waals surface area contributed by atoms with Crippen LogP contribution in [0.25, 0.3) is 33.8 Å². The van der Waals surface area contributed by atoms with E-state index in [9.17, 15) is 4.79 Å². The lowest BCUT2D eigenvalue weighted by Gasteiger charge is -2.30. The standard InChI is InChI=1S/C28H32ClN7O3.CH4/c1-15-3-5-16(6-4-15)14-35-25-20(32-27(35)36-19-7-8-22(36)23(10-19)38-2)11-21(26-33-28(37)39-34-26)31-24(25)17-9-18(29)13-30-12-17;/h9,11-13,15-16,19,22-23H,3-8,10,14H2,1-2H3,(H,33,34,37);1H4. The average molecular weight is 566 g/mol. The van der Waals surface area contributed by atoms with Gasteiger partial charge in [-0.3, -0.25) is 14.5 Å². The summed E-state index contributed by atoms with van der Waals surface area (Å²) in [5, 5.41) is 4.42. The normalized spacial score (nSPS) is 26.0. The molecule has 11 heteroatoms. The van der Waals surface area contributed by atoms with E-state index in [2.05, 4.69) is 31.5 Å². The summed E-state index contributed by atoms with van der Waals surface area (Å²) in [7, 11) is 1.81. The third kappa shape index (κ3) is 4.60. The first-order chi connectivity index (χ1) is 19.0. The molecule has 2 aliphatic heterocycles. The molecule has 1 saturated carbocycles. The fourth-order valence-corrected chi connectivity index (χ4v) is 7.16. The van der Waals surface area contributed by atoms with Crippen molar-refractivity contribution >= 4 is 28.6 Å². The molecule has 0 amide bonds. The van der Waals surface area contributed by atoms with E-state index in [1.165, 1.54) is 25.7 Å². The number of hydrogen-bond donors (Lipinski definition) is 1. The van der Waals surface area contributed by atoms with E-state index in [0.717, 1.165) is 54.3 Å². The van der Waals surface area contributed by atoms with Gasteiger partial charge in [0.2, 0.25) is 11.8 Å². The Labute approximate surface area is 238 Å². The number of aromatic amines is 1. The van der Waals surface area contributed by atoms with Crippen LogP contribution in [0.3, 0.4) is 0 Å². The van der Waals surface area contributed by atoms with Crippen molar-refractivity contribution in [3.05, 3.63) is 40.1 Å². The molecular weight excluding hydrogens is 530 g/mol. The van der Waals surface area contributed by atoms with Gasteiger partial charge in [-0.1, -0.05) is 43.9 Å². The lowest BCUT2D eigenvalue weighted by Crippen LogP contribution is -2.35. The van der Waals surface area contributed by atoms with Gasteiger partial charge in [-0.25, -0.2) is 14.8 Å². The molecule has 2 bridgehead atoms. The molecule has 4 aromatic heterocycles. The number of aromatic nitrogens is 6. The topological polar surface area (TPSA) is 115 Å². The van der Waals surface area contributed by atoms with Gasteiger partial charge in [0, 0.05) is 37.7 Å². The van der Waals surface area contributed by atoms with Gasteiger partial charge < -0.3 is 14.2 Å². The Morgan fingerprint density at radius 1 is 1.12 bits per heavy atom. The molecule has 4 aromatic rings. The Morgan fingerprint density at radius 3 is 2.65 bits per heavy atom. The predicted octanol–water partition coefficient (Wildman–Crippen LogP) is 5.71. The number of halogens is 1. The van der Waals surface area contributed by atoms with Gasteiger partial charge in [-0.15, -0.1) is 0 Å². The van der Waals surface area contributed by atoms with Crippen LogP contribution in [0.15, 0.2) is 33.8 Å². The summed E-state index contributed by atoms with van der Waals surface area (Å²) < 4.78 is 13.1. The van der Waals surface area contributed by atoms with Crippen molar-refractivity contribution in [3.8, 4) is 22.8 Å². The van der Waals surface area contributed by atoms with Crippen LogP contribution in [0.4, 0.5) is 5.95 Å². The monoisotopic (exact) mass is 565 g/mol. The third-order valence-electron chi connectivity index (χ3n) is 8.96. The second-order valence-electron chi connectivity index (χ2n) is 11.4. The van der Waals surface area contributed by atoms with Crippen LogP contribution in [0.1, 0.15) is 59.3 Å². The van der Waals surface area contributed by atoms with Gasteiger partial charge in [0.05, 0.1) is 33.9 Å². The van der Waals surface area contributed by atoms with Crippen molar-refractivity contribution in [1.82, 2.24) is 29.7 Å². The molecule has 1 N–H and O–H groups in total. The summed E-state index contributed by atoms with van der Waals surface area (Å²) in [6.45, 7) is 3.22. The molecule has 3 atom stereocenters. The first-order valence-corrected chi connectivity index (χ1v) is 14.3. The van der Waals surface area contributed by atoms with Crippen LogP contribution >= 0.6 is 11.6 Å². The van der Waals surface area contributed by atoms with E-state index in [1.54, 1.807) is 12.4 Å². The number of hydrogen-bond acceptors (Lipinski definition) is 8. The molecule has 3 fully saturated rings. The second kappa shape index (κ2) is 10.6. The summed E-state index contributed by atoms with van der Waals surface area (Å²) in [5.41, 5.74) is 3.70. The van der Waals surface area contributed by atoms with Gasteiger partial charge in [0.25, 0.3) is 0 Å². The maximum Gasteiger partial charge on any atom is 0.439 e. The summed E-state index contributed by atoms with van der Waals surface area (Å²) in [5.74, 6) is 1.94. The van der Waals surface area contributed by atoms with E-state index in [1.807, 2.05) is 19.2 Å². The molecule has 2 saturated heterocycles. The van der Waals surface area contributed by atoms with E-state index < -0.39 is 5.76 Å². The van der Waals surface area contributed by atoms with Crippen LogP contribution in [-0.2, 0) is 11.3 Å². The van der Waals surface area contributed by atoms with Crippen LogP contribution in [0.5, 0.6) is 0 Å². The smallest absolute Gasteiger partial charge is 0.379 e. The Kier molecular flexibility index (Phi) is 7.16. The highest BCUT2D eigenvalue weighted by atomic mass is 35.5. The number of H-pyrrole nitrogens is 1. The Hall–Kier alpha value is -3.24. The first-order valence-electron chi connectivity index (χ1n) is 13.9. The van der Waals surface area contributed by atoms with Crippen molar-refractivity contribution in [3.63, 3.8) is 0 Å². The van der Waals surface area contributed by atoms with E-state index in [-0.39, 0.29) is 19.4 Å². The minimum Gasteiger partial charge on any atom is -0.379 e. The number of methoxy groups -OCH3 is 1. The number of imidazole rings is 1. The second-order valence-corrected chi connectivity index (χ2v) is 11.9. The minimum atomic E-state index is -0.630. The molecule has 212 valence electrons. The maximum atomic E-state index is 11.8. The zero-order valence-electron chi connectivity index (χ0n) is 22.1. The number of ether oxygens (including phenoxy) is 1. The molecule has 40 heavy (non-hydrogen) atoms. The van der Waals surface area contributed by atoms with E-state index >= 15 is 0 Å². The molecule has 0 radical (unpaired) electrons. The first kappa shape index (κ1) is 27.0. The van der Waals surface area contributed by atoms with E-state index in [0.29, 0.717) is 34.4 Å². The van der Waals surface area contributed by atoms with Crippen LogP contribution < -0.4 is 10.7 Å². The molecule has 0 aromatic carbocycles.